The highest BCUT2D eigenvalue weighted by Gasteiger charge is 2.24. The molecule has 0 N–H and O–H groups in total. The van der Waals surface area contributed by atoms with Gasteiger partial charge in [0.25, 0.3) is 0 Å². The van der Waals surface area contributed by atoms with Crippen LogP contribution in [0, 0.1) is 0 Å². The van der Waals surface area contributed by atoms with Gasteiger partial charge in [-0.1, -0.05) is 59.8 Å². The summed E-state index contributed by atoms with van der Waals surface area (Å²) in [7, 11) is 1.73. The average Bonchev–Trinajstić information content (AvgIpc) is 3.33. The minimum absolute atomic E-state index is 0.780. The maximum atomic E-state index is 5.58. The van der Waals surface area contributed by atoms with E-state index >= 15 is 0 Å². The van der Waals surface area contributed by atoms with Gasteiger partial charge in [0.15, 0.2) is 5.65 Å². The Kier molecular flexibility index (Phi) is 4.79. The first kappa shape index (κ1) is 19.5. The monoisotopic (exact) mass is 436 g/mol. The Bertz CT molecular complexity index is 1420. The smallest absolute Gasteiger partial charge is 0.186 e. The summed E-state index contributed by atoms with van der Waals surface area (Å²) in [5.41, 5.74) is 4.75. The van der Waals surface area contributed by atoms with E-state index in [0.717, 1.165) is 71.2 Å². The molecule has 6 rings (SSSR count). The first-order chi connectivity index (χ1) is 16.3. The molecule has 7 heteroatoms. The first-order valence-electron chi connectivity index (χ1n) is 11.2. The minimum atomic E-state index is 0.780. The van der Waals surface area contributed by atoms with Crippen LogP contribution in [-0.2, 0) is 0 Å². The number of fused-ring (bicyclic) bond motifs is 3. The van der Waals surface area contributed by atoms with Crippen LogP contribution in [0.25, 0.3) is 27.8 Å². The molecule has 3 aromatic carbocycles. The lowest BCUT2D eigenvalue weighted by atomic mass is 10.1. The molecule has 1 fully saturated rings. The second kappa shape index (κ2) is 8.09. The van der Waals surface area contributed by atoms with E-state index in [-0.39, 0.29) is 0 Å². The van der Waals surface area contributed by atoms with Gasteiger partial charge in [-0.05, 0) is 24.3 Å². The number of ether oxygens (including phenoxy) is 1. The number of methoxy groups -OCH3 is 1. The number of rotatable bonds is 4. The highest BCUT2D eigenvalue weighted by Crippen LogP contribution is 2.32. The molecule has 7 nitrogen and oxygen atoms in total. The lowest BCUT2D eigenvalue weighted by Crippen LogP contribution is -2.47. The molecule has 164 valence electrons. The summed E-state index contributed by atoms with van der Waals surface area (Å²) in [4.78, 5) is 9.87. The summed E-state index contributed by atoms with van der Waals surface area (Å²) in [6.07, 6.45) is 0. The second-order valence-electron chi connectivity index (χ2n) is 8.14. The zero-order chi connectivity index (χ0) is 22.2. The number of para-hydroxylation sites is 3. The molecule has 5 aromatic rings. The van der Waals surface area contributed by atoms with Crippen molar-refractivity contribution in [2.75, 3.05) is 43.1 Å². The summed E-state index contributed by atoms with van der Waals surface area (Å²) < 4.78 is 7.43. The van der Waals surface area contributed by atoms with Gasteiger partial charge < -0.3 is 14.5 Å². The SMILES string of the molecule is COc1ccccc1N1CCN(c2nc3c(-c4ccccc4)nnn3c3ccccc23)CC1. The molecule has 33 heavy (non-hydrogen) atoms. The molecule has 0 radical (unpaired) electrons. The Balaban J connectivity index is 1.40. The van der Waals surface area contributed by atoms with Gasteiger partial charge in [0.1, 0.15) is 17.3 Å². The lowest BCUT2D eigenvalue weighted by Gasteiger charge is -2.37. The summed E-state index contributed by atoms with van der Waals surface area (Å²) >= 11 is 0. The van der Waals surface area contributed by atoms with E-state index in [4.69, 9.17) is 9.72 Å². The van der Waals surface area contributed by atoms with Crippen LogP contribution >= 0.6 is 0 Å². The molecule has 1 saturated heterocycles. The molecule has 0 aliphatic carbocycles. The van der Waals surface area contributed by atoms with E-state index < -0.39 is 0 Å². The van der Waals surface area contributed by atoms with Crippen molar-refractivity contribution in [3.63, 3.8) is 0 Å². The van der Waals surface area contributed by atoms with Crippen molar-refractivity contribution in [2.45, 2.75) is 0 Å². The van der Waals surface area contributed by atoms with Crippen molar-refractivity contribution in [3.8, 4) is 17.0 Å². The molecule has 2 aromatic heterocycles. The van der Waals surface area contributed by atoms with E-state index in [1.807, 2.05) is 53.0 Å². The molecule has 0 amide bonds. The molecule has 0 saturated carbocycles. The Morgan fingerprint density at radius 2 is 1.45 bits per heavy atom. The van der Waals surface area contributed by atoms with E-state index in [1.54, 1.807) is 7.11 Å². The Morgan fingerprint density at radius 3 is 2.27 bits per heavy atom. The van der Waals surface area contributed by atoms with Crippen molar-refractivity contribution in [3.05, 3.63) is 78.9 Å². The van der Waals surface area contributed by atoms with E-state index in [9.17, 15) is 0 Å². The minimum Gasteiger partial charge on any atom is -0.495 e. The number of hydrogen-bond donors (Lipinski definition) is 0. The van der Waals surface area contributed by atoms with Gasteiger partial charge in [-0.15, -0.1) is 5.10 Å². The summed E-state index contributed by atoms with van der Waals surface area (Å²) in [5.74, 6) is 1.89. The van der Waals surface area contributed by atoms with Gasteiger partial charge in [0, 0.05) is 37.1 Å². The van der Waals surface area contributed by atoms with Crippen LogP contribution in [0.15, 0.2) is 78.9 Å². The molecular formula is C26H24N6O. The van der Waals surface area contributed by atoms with Gasteiger partial charge in [0.2, 0.25) is 0 Å². The Hall–Kier alpha value is -4.13. The summed E-state index contributed by atoms with van der Waals surface area (Å²) in [6.45, 7) is 3.52. The topological polar surface area (TPSA) is 58.8 Å². The van der Waals surface area contributed by atoms with Crippen molar-refractivity contribution in [1.82, 2.24) is 19.8 Å². The fourth-order valence-electron chi connectivity index (χ4n) is 4.62. The zero-order valence-corrected chi connectivity index (χ0v) is 18.4. The molecule has 0 spiro atoms. The van der Waals surface area contributed by atoms with Crippen LogP contribution in [0.1, 0.15) is 0 Å². The molecule has 1 aliphatic rings. The zero-order valence-electron chi connectivity index (χ0n) is 18.4. The molecule has 0 atom stereocenters. The predicted molar refractivity (Wildman–Crippen MR) is 131 cm³/mol. The van der Waals surface area contributed by atoms with Crippen LogP contribution in [-0.4, -0.2) is 53.1 Å². The van der Waals surface area contributed by atoms with Crippen LogP contribution in [0.2, 0.25) is 0 Å². The maximum Gasteiger partial charge on any atom is 0.186 e. The Labute approximate surface area is 191 Å². The number of benzene rings is 3. The number of aromatic nitrogens is 4. The first-order valence-corrected chi connectivity index (χ1v) is 11.2. The second-order valence-corrected chi connectivity index (χ2v) is 8.14. The van der Waals surface area contributed by atoms with Crippen LogP contribution in [0.4, 0.5) is 11.5 Å². The van der Waals surface area contributed by atoms with Crippen molar-refractivity contribution in [1.29, 1.82) is 0 Å². The van der Waals surface area contributed by atoms with Gasteiger partial charge >= 0.3 is 0 Å². The lowest BCUT2D eigenvalue weighted by molar-refractivity contribution is 0.413. The third kappa shape index (κ3) is 3.33. The molecule has 1 aliphatic heterocycles. The molecule has 3 heterocycles. The third-order valence-electron chi connectivity index (χ3n) is 6.28. The normalized spacial score (nSPS) is 14.2. The number of piperazine rings is 1. The summed E-state index contributed by atoms with van der Waals surface area (Å²) in [6, 6.07) is 26.6. The largest absolute Gasteiger partial charge is 0.495 e. The van der Waals surface area contributed by atoms with E-state index in [0.29, 0.717) is 0 Å². The standard InChI is InChI=1S/C26H24N6O/c1-33-23-14-8-7-13-22(23)30-15-17-31(18-16-30)25-20-11-5-6-12-21(20)32-26(27-25)24(28-29-32)19-9-3-2-4-10-19/h2-14H,15-18H2,1H3. The average molecular weight is 437 g/mol. The van der Waals surface area contributed by atoms with Crippen LogP contribution in [0.3, 0.4) is 0 Å². The van der Waals surface area contributed by atoms with E-state index in [1.165, 1.54) is 0 Å². The quantitative estimate of drug-likeness (QED) is 0.419. The number of nitrogens with zero attached hydrogens (tertiary/aromatic N) is 6. The maximum absolute atomic E-state index is 5.58. The van der Waals surface area contributed by atoms with Crippen molar-refractivity contribution >= 4 is 28.1 Å². The number of anilines is 2. The van der Waals surface area contributed by atoms with Gasteiger partial charge in [-0.2, -0.15) is 4.52 Å². The third-order valence-corrected chi connectivity index (χ3v) is 6.28. The molecular weight excluding hydrogens is 412 g/mol. The molecule has 0 unspecified atom stereocenters. The van der Waals surface area contributed by atoms with Crippen LogP contribution < -0.4 is 14.5 Å². The predicted octanol–water partition coefficient (Wildman–Crippen LogP) is 4.28. The Morgan fingerprint density at radius 1 is 0.758 bits per heavy atom. The van der Waals surface area contributed by atoms with Gasteiger partial charge in [-0.3, -0.25) is 0 Å². The van der Waals surface area contributed by atoms with Crippen LogP contribution in [0.5, 0.6) is 5.75 Å². The van der Waals surface area contributed by atoms with Crippen molar-refractivity contribution in [2.24, 2.45) is 0 Å². The van der Waals surface area contributed by atoms with Gasteiger partial charge in [-0.25, -0.2) is 4.98 Å². The summed E-state index contributed by atoms with van der Waals surface area (Å²) in [5, 5.41) is 10.0. The molecule has 0 bridgehead atoms. The van der Waals surface area contributed by atoms with Crippen molar-refractivity contribution < 1.29 is 4.74 Å². The fourth-order valence-corrected chi connectivity index (χ4v) is 4.62. The number of hydrogen-bond acceptors (Lipinski definition) is 6. The highest BCUT2D eigenvalue weighted by molar-refractivity contribution is 5.93. The van der Waals surface area contributed by atoms with Gasteiger partial charge in [0.05, 0.1) is 18.3 Å². The fraction of sp³-hybridized carbons (Fsp3) is 0.192. The van der Waals surface area contributed by atoms with E-state index in [2.05, 4.69) is 50.4 Å². The highest BCUT2D eigenvalue weighted by atomic mass is 16.5.